The van der Waals surface area contributed by atoms with Crippen LogP contribution < -0.4 is 5.32 Å². The summed E-state index contributed by atoms with van der Waals surface area (Å²) in [5.74, 6) is -1.45. The highest BCUT2D eigenvalue weighted by atomic mass is 19.3. The summed E-state index contributed by atoms with van der Waals surface area (Å²) in [7, 11) is 0. The van der Waals surface area contributed by atoms with E-state index in [1.807, 2.05) is 29.1 Å². The van der Waals surface area contributed by atoms with Crippen LogP contribution in [-0.4, -0.2) is 40.9 Å². The van der Waals surface area contributed by atoms with Gasteiger partial charge in [0.25, 0.3) is 0 Å². The van der Waals surface area contributed by atoms with Crippen LogP contribution in [0.4, 0.5) is 14.7 Å². The molecule has 0 aliphatic heterocycles. The van der Waals surface area contributed by atoms with Crippen LogP contribution in [0.1, 0.15) is 25.7 Å². The van der Waals surface area contributed by atoms with E-state index in [2.05, 4.69) is 25.4 Å². The third-order valence-electron chi connectivity index (χ3n) is 5.02. The van der Waals surface area contributed by atoms with Crippen molar-refractivity contribution in [3.05, 3.63) is 43.2 Å². The Labute approximate surface area is 153 Å². The van der Waals surface area contributed by atoms with E-state index in [4.69, 9.17) is 0 Å². The average molecular weight is 369 g/mol. The van der Waals surface area contributed by atoms with Gasteiger partial charge < -0.3 is 5.32 Å². The SMILES string of the molecule is FC1(F)CCC(Nc2ncc3c(-c4cnc5nccn5c4)ccn3n2)CC1. The van der Waals surface area contributed by atoms with Crippen LogP contribution in [0.25, 0.3) is 22.4 Å². The Morgan fingerprint density at radius 3 is 2.78 bits per heavy atom. The van der Waals surface area contributed by atoms with Crippen molar-refractivity contribution < 1.29 is 8.78 Å². The number of nitrogens with one attached hydrogen (secondary N) is 1. The number of fused-ring (bicyclic) bond motifs is 2. The summed E-state index contributed by atoms with van der Waals surface area (Å²) in [5.41, 5.74) is 2.74. The minimum atomic E-state index is -2.54. The van der Waals surface area contributed by atoms with Crippen LogP contribution in [-0.2, 0) is 0 Å². The van der Waals surface area contributed by atoms with Gasteiger partial charge in [-0.25, -0.2) is 28.2 Å². The number of imidazole rings is 1. The van der Waals surface area contributed by atoms with Gasteiger partial charge in [0.2, 0.25) is 17.6 Å². The molecule has 1 aliphatic rings. The lowest BCUT2D eigenvalue weighted by Gasteiger charge is -2.28. The normalized spacial score (nSPS) is 17.6. The molecule has 5 rings (SSSR count). The molecule has 0 atom stereocenters. The quantitative estimate of drug-likeness (QED) is 0.599. The Bertz CT molecular complexity index is 1110. The fourth-order valence-corrected chi connectivity index (χ4v) is 3.53. The van der Waals surface area contributed by atoms with Gasteiger partial charge >= 0.3 is 0 Å². The summed E-state index contributed by atoms with van der Waals surface area (Å²) in [6.45, 7) is 0. The highest BCUT2D eigenvalue weighted by Gasteiger charge is 2.35. The van der Waals surface area contributed by atoms with E-state index in [1.54, 1.807) is 23.1 Å². The maximum absolute atomic E-state index is 13.3. The smallest absolute Gasteiger partial charge is 0.248 e. The fraction of sp³-hybridized carbons (Fsp3) is 0.333. The van der Waals surface area contributed by atoms with Crippen molar-refractivity contribution >= 4 is 17.2 Å². The number of hydrogen-bond donors (Lipinski definition) is 1. The van der Waals surface area contributed by atoms with Gasteiger partial charge in [0.1, 0.15) is 0 Å². The molecule has 9 heteroatoms. The molecule has 0 radical (unpaired) electrons. The molecular formula is C18H17F2N7. The third kappa shape index (κ3) is 2.98. The van der Waals surface area contributed by atoms with E-state index in [0.717, 1.165) is 16.6 Å². The highest BCUT2D eigenvalue weighted by Crippen LogP contribution is 2.34. The standard InChI is InChI=1S/C18H17F2N7/c19-18(20)4-1-13(2-5-18)24-16-22-10-15-14(3-7-27(15)25-16)12-9-23-17-21-6-8-26(17)11-12/h3,6-11,13H,1-2,4-5H2,(H,24,25). The van der Waals surface area contributed by atoms with Gasteiger partial charge in [-0.15, -0.1) is 5.10 Å². The van der Waals surface area contributed by atoms with Crippen LogP contribution in [0.5, 0.6) is 0 Å². The lowest BCUT2D eigenvalue weighted by Crippen LogP contribution is -2.32. The molecule has 4 aromatic rings. The van der Waals surface area contributed by atoms with Gasteiger partial charge in [-0.2, -0.15) is 0 Å². The Hall–Kier alpha value is -3.10. The minimum absolute atomic E-state index is 0.0232. The van der Waals surface area contributed by atoms with Gasteiger partial charge in [-0.3, -0.25) is 4.40 Å². The molecule has 27 heavy (non-hydrogen) atoms. The zero-order valence-electron chi connectivity index (χ0n) is 14.4. The van der Waals surface area contributed by atoms with Gasteiger partial charge in [0.05, 0.1) is 11.7 Å². The Morgan fingerprint density at radius 2 is 1.93 bits per heavy atom. The summed E-state index contributed by atoms with van der Waals surface area (Å²) in [6.07, 6.45) is 11.5. The zero-order valence-corrected chi connectivity index (χ0v) is 14.4. The van der Waals surface area contributed by atoms with Crippen LogP contribution in [0.2, 0.25) is 0 Å². The lowest BCUT2D eigenvalue weighted by atomic mass is 9.92. The van der Waals surface area contributed by atoms with E-state index in [9.17, 15) is 8.78 Å². The number of anilines is 1. The van der Waals surface area contributed by atoms with Crippen LogP contribution >= 0.6 is 0 Å². The largest absolute Gasteiger partial charge is 0.350 e. The molecule has 0 saturated heterocycles. The molecule has 1 N–H and O–H groups in total. The average Bonchev–Trinajstić information content (AvgIpc) is 3.29. The lowest BCUT2D eigenvalue weighted by molar-refractivity contribution is -0.0361. The van der Waals surface area contributed by atoms with Crippen molar-refractivity contribution in [2.45, 2.75) is 37.6 Å². The Morgan fingerprint density at radius 1 is 1.07 bits per heavy atom. The second kappa shape index (κ2) is 5.97. The molecule has 138 valence electrons. The van der Waals surface area contributed by atoms with E-state index >= 15 is 0 Å². The topological polar surface area (TPSA) is 72.4 Å². The molecule has 0 spiro atoms. The van der Waals surface area contributed by atoms with Gasteiger partial charge in [-0.05, 0) is 18.9 Å². The first-order chi connectivity index (χ1) is 13.1. The second-order valence-corrected chi connectivity index (χ2v) is 6.89. The predicted octanol–water partition coefficient (Wildman–Crippen LogP) is 3.43. The molecule has 4 heterocycles. The molecule has 4 aromatic heterocycles. The monoisotopic (exact) mass is 369 g/mol. The summed E-state index contributed by atoms with van der Waals surface area (Å²) in [6, 6.07) is 1.93. The van der Waals surface area contributed by atoms with E-state index in [-0.39, 0.29) is 18.9 Å². The maximum atomic E-state index is 13.3. The molecule has 0 unspecified atom stereocenters. The molecule has 0 amide bonds. The molecule has 0 aromatic carbocycles. The number of rotatable bonds is 3. The number of halogens is 2. The number of alkyl halides is 2. The molecule has 1 aliphatic carbocycles. The summed E-state index contributed by atoms with van der Waals surface area (Å²) in [5, 5.41) is 7.65. The third-order valence-corrected chi connectivity index (χ3v) is 5.02. The number of aromatic nitrogens is 6. The van der Waals surface area contributed by atoms with Crippen molar-refractivity contribution in [2.75, 3.05) is 5.32 Å². The zero-order chi connectivity index (χ0) is 18.4. The summed E-state index contributed by atoms with van der Waals surface area (Å²) >= 11 is 0. The van der Waals surface area contributed by atoms with Crippen LogP contribution in [0.15, 0.2) is 43.2 Å². The number of hydrogen-bond acceptors (Lipinski definition) is 5. The Kier molecular flexibility index (Phi) is 3.56. The van der Waals surface area contributed by atoms with E-state index < -0.39 is 5.92 Å². The van der Waals surface area contributed by atoms with Crippen molar-refractivity contribution in [2.24, 2.45) is 0 Å². The van der Waals surface area contributed by atoms with Crippen LogP contribution in [0.3, 0.4) is 0 Å². The Balaban J connectivity index is 1.41. The van der Waals surface area contributed by atoms with Gasteiger partial charge in [0, 0.05) is 61.0 Å². The van der Waals surface area contributed by atoms with E-state index in [0.29, 0.717) is 24.6 Å². The molecule has 0 bridgehead atoms. The first-order valence-corrected chi connectivity index (χ1v) is 8.85. The van der Waals surface area contributed by atoms with Crippen molar-refractivity contribution in [1.29, 1.82) is 0 Å². The van der Waals surface area contributed by atoms with Gasteiger partial charge in [0.15, 0.2) is 0 Å². The second-order valence-electron chi connectivity index (χ2n) is 6.89. The summed E-state index contributed by atoms with van der Waals surface area (Å²) < 4.78 is 30.2. The van der Waals surface area contributed by atoms with Gasteiger partial charge in [-0.1, -0.05) is 0 Å². The van der Waals surface area contributed by atoms with Crippen molar-refractivity contribution in [1.82, 2.24) is 29.0 Å². The van der Waals surface area contributed by atoms with Crippen molar-refractivity contribution in [3.63, 3.8) is 0 Å². The molecule has 7 nitrogen and oxygen atoms in total. The summed E-state index contributed by atoms with van der Waals surface area (Å²) in [4.78, 5) is 12.9. The fourth-order valence-electron chi connectivity index (χ4n) is 3.53. The first kappa shape index (κ1) is 16.1. The van der Waals surface area contributed by atoms with Crippen molar-refractivity contribution in [3.8, 4) is 11.1 Å². The predicted molar refractivity (Wildman–Crippen MR) is 95.8 cm³/mol. The maximum Gasteiger partial charge on any atom is 0.248 e. The molecule has 1 saturated carbocycles. The van der Waals surface area contributed by atoms with E-state index in [1.165, 1.54) is 0 Å². The molecule has 1 fully saturated rings. The first-order valence-electron chi connectivity index (χ1n) is 8.85. The molecular weight excluding hydrogens is 352 g/mol. The highest BCUT2D eigenvalue weighted by molar-refractivity contribution is 5.79. The van der Waals surface area contributed by atoms with Crippen LogP contribution in [0, 0.1) is 0 Å². The number of nitrogens with zero attached hydrogens (tertiary/aromatic N) is 6. The minimum Gasteiger partial charge on any atom is -0.350 e.